The van der Waals surface area contributed by atoms with E-state index < -0.39 is 11.9 Å². The van der Waals surface area contributed by atoms with Crippen molar-refractivity contribution in [3.8, 4) is 11.5 Å². The van der Waals surface area contributed by atoms with Crippen LogP contribution in [0.2, 0.25) is 0 Å². The molecule has 1 aromatic heterocycles. The number of nitrogens with two attached hydrogens (primary N) is 1. The van der Waals surface area contributed by atoms with Gasteiger partial charge in [-0.2, -0.15) is 0 Å². The summed E-state index contributed by atoms with van der Waals surface area (Å²) in [6, 6.07) is 3.49. The molecule has 2 aromatic rings. The molecule has 0 bridgehead atoms. The number of phenolic OH excluding ortho intramolecular Hbond substituents is 2. The third-order valence-electron chi connectivity index (χ3n) is 2.65. The van der Waals surface area contributed by atoms with Crippen LogP contribution >= 0.6 is 0 Å². The lowest BCUT2D eigenvalue weighted by atomic mass is 10.1. The lowest BCUT2D eigenvalue weighted by Crippen LogP contribution is -2.37. The smallest absolute Gasteiger partial charge is 0.242 e. The monoisotopic (exact) mass is 274 g/mol. The van der Waals surface area contributed by atoms with Gasteiger partial charge < -0.3 is 21.3 Å². The fourth-order valence-electron chi connectivity index (χ4n) is 1.63. The molecule has 0 unspecified atom stereocenters. The Labute approximate surface area is 115 Å². The molecule has 0 fully saturated rings. The van der Waals surface area contributed by atoms with Gasteiger partial charge in [-0.05, 0) is 24.1 Å². The molecule has 2 rings (SSSR count). The van der Waals surface area contributed by atoms with Gasteiger partial charge in [0.05, 0.1) is 12.2 Å². The van der Waals surface area contributed by atoms with Gasteiger partial charge in [0.15, 0.2) is 17.3 Å². The summed E-state index contributed by atoms with van der Waals surface area (Å²) >= 11 is 0. The zero-order valence-electron chi connectivity index (χ0n) is 10.5. The number of nitrogens with zero attached hydrogens (tertiary/aromatic N) is 2. The first kappa shape index (κ1) is 13.8. The molecule has 20 heavy (non-hydrogen) atoms. The summed E-state index contributed by atoms with van der Waals surface area (Å²) in [7, 11) is 0. The lowest BCUT2D eigenvalue weighted by molar-refractivity contribution is -0.117. The summed E-state index contributed by atoms with van der Waals surface area (Å²) in [5.74, 6) is -0.546. The van der Waals surface area contributed by atoms with Gasteiger partial charge in [0.25, 0.3) is 0 Å². The number of aromatic hydroxyl groups is 2. The Hall–Kier alpha value is -2.67. The lowest BCUT2D eigenvalue weighted by Gasteiger charge is -2.12. The van der Waals surface area contributed by atoms with Crippen molar-refractivity contribution in [2.24, 2.45) is 5.73 Å². The van der Waals surface area contributed by atoms with Crippen molar-refractivity contribution >= 4 is 11.7 Å². The molecule has 1 heterocycles. The van der Waals surface area contributed by atoms with Crippen LogP contribution in [0.4, 0.5) is 5.82 Å². The number of rotatable bonds is 4. The number of hydrogen-bond donors (Lipinski definition) is 4. The highest BCUT2D eigenvalue weighted by atomic mass is 16.3. The van der Waals surface area contributed by atoms with E-state index >= 15 is 0 Å². The standard InChI is InChI=1S/C13H14N4O3/c14-9(5-8-1-2-10(18)11(19)6-8)13(20)17-12-7-15-3-4-16-12/h1-4,6-7,9,18-19H,5,14H2,(H,16,17,20)/t9-/m0/s1. The minimum Gasteiger partial charge on any atom is -0.504 e. The van der Waals surface area contributed by atoms with Crippen molar-refractivity contribution in [2.75, 3.05) is 5.32 Å². The van der Waals surface area contributed by atoms with E-state index in [1.165, 1.54) is 30.7 Å². The fourth-order valence-corrected chi connectivity index (χ4v) is 1.63. The summed E-state index contributed by atoms with van der Waals surface area (Å²) in [5, 5.41) is 21.1. The van der Waals surface area contributed by atoms with Crippen LogP contribution < -0.4 is 11.1 Å². The minimum atomic E-state index is -0.805. The van der Waals surface area contributed by atoms with Crippen LogP contribution in [0.15, 0.2) is 36.8 Å². The predicted molar refractivity (Wildman–Crippen MR) is 72.1 cm³/mol. The van der Waals surface area contributed by atoms with Gasteiger partial charge in [0, 0.05) is 12.4 Å². The number of anilines is 1. The van der Waals surface area contributed by atoms with Crippen LogP contribution in [-0.4, -0.2) is 32.1 Å². The second-order valence-corrected chi connectivity index (χ2v) is 4.21. The van der Waals surface area contributed by atoms with Gasteiger partial charge >= 0.3 is 0 Å². The third-order valence-corrected chi connectivity index (χ3v) is 2.65. The van der Waals surface area contributed by atoms with E-state index in [1.54, 1.807) is 6.07 Å². The summed E-state index contributed by atoms with van der Waals surface area (Å²) in [6.45, 7) is 0. The first-order valence-corrected chi connectivity index (χ1v) is 5.89. The van der Waals surface area contributed by atoms with Gasteiger partial charge in [-0.15, -0.1) is 0 Å². The number of carbonyl (C=O) groups is 1. The highest BCUT2D eigenvalue weighted by Crippen LogP contribution is 2.25. The molecule has 0 spiro atoms. The molecule has 0 aliphatic heterocycles. The zero-order valence-corrected chi connectivity index (χ0v) is 10.5. The maximum atomic E-state index is 11.9. The number of phenols is 2. The van der Waals surface area contributed by atoms with Crippen LogP contribution in [0.3, 0.4) is 0 Å². The van der Waals surface area contributed by atoms with E-state index in [-0.39, 0.29) is 17.9 Å². The van der Waals surface area contributed by atoms with E-state index in [4.69, 9.17) is 5.73 Å². The molecular weight excluding hydrogens is 260 g/mol. The van der Waals surface area contributed by atoms with Crippen molar-refractivity contribution in [2.45, 2.75) is 12.5 Å². The van der Waals surface area contributed by atoms with Crippen molar-refractivity contribution < 1.29 is 15.0 Å². The average molecular weight is 274 g/mol. The van der Waals surface area contributed by atoms with E-state index in [9.17, 15) is 15.0 Å². The molecule has 0 radical (unpaired) electrons. The van der Waals surface area contributed by atoms with Crippen molar-refractivity contribution in [3.63, 3.8) is 0 Å². The number of aromatic nitrogens is 2. The van der Waals surface area contributed by atoms with Gasteiger partial charge in [-0.1, -0.05) is 6.07 Å². The Bertz CT molecular complexity index is 604. The summed E-state index contributed by atoms with van der Waals surface area (Å²) < 4.78 is 0. The highest BCUT2D eigenvalue weighted by molar-refractivity contribution is 5.93. The zero-order chi connectivity index (χ0) is 14.5. The molecule has 0 saturated heterocycles. The van der Waals surface area contributed by atoms with Crippen LogP contribution in [-0.2, 0) is 11.2 Å². The normalized spacial score (nSPS) is 11.8. The van der Waals surface area contributed by atoms with Gasteiger partial charge in [0.2, 0.25) is 5.91 Å². The Balaban J connectivity index is 1.98. The van der Waals surface area contributed by atoms with Crippen molar-refractivity contribution in [3.05, 3.63) is 42.4 Å². The molecule has 0 aliphatic carbocycles. The molecule has 1 aromatic carbocycles. The third kappa shape index (κ3) is 3.42. The van der Waals surface area contributed by atoms with Crippen LogP contribution in [0.1, 0.15) is 5.56 Å². The number of carbonyl (C=O) groups excluding carboxylic acids is 1. The van der Waals surface area contributed by atoms with Crippen molar-refractivity contribution in [1.29, 1.82) is 0 Å². The predicted octanol–water partition coefficient (Wildman–Crippen LogP) is 0.396. The summed E-state index contributed by atoms with van der Waals surface area (Å²) in [6.07, 6.45) is 4.59. The highest BCUT2D eigenvalue weighted by Gasteiger charge is 2.15. The Morgan fingerprint density at radius 1 is 1.30 bits per heavy atom. The summed E-state index contributed by atoms with van der Waals surface area (Å²) in [4.78, 5) is 19.6. The average Bonchev–Trinajstić information content (AvgIpc) is 2.44. The molecule has 7 nitrogen and oxygen atoms in total. The Morgan fingerprint density at radius 2 is 2.10 bits per heavy atom. The molecule has 5 N–H and O–H groups in total. The molecule has 0 saturated carbocycles. The second kappa shape index (κ2) is 5.98. The molecule has 7 heteroatoms. The first-order chi connectivity index (χ1) is 9.56. The quantitative estimate of drug-likeness (QED) is 0.599. The maximum absolute atomic E-state index is 11.9. The molecular formula is C13H14N4O3. The second-order valence-electron chi connectivity index (χ2n) is 4.21. The number of benzene rings is 1. The van der Waals surface area contributed by atoms with Gasteiger partial charge in [-0.25, -0.2) is 4.98 Å². The molecule has 1 amide bonds. The largest absolute Gasteiger partial charge is 0.504 e. The van der Waals surface area contributed by atoms with Crippen LogP contribution in [0, 0.1) is 0 Å². The van der Waals surface area contributed by atoms with Gasteiger partial charge in [0.1, 0.15) is 0 Å². The van der Waals surface area contributed by atoms with Crippen molar-refractivity contribution in [1.82, 2.24) is 9.97 Å². The molecule has 1 atom stereocenters. The van der Waals surface area contributed by atoms with E-state index in [1.807, 2.05) is 0 Å². The topological polar surface area (TPSA) is 121 Å². The van der Waals surface area contributed by atoms with E-state index in [0.29, 0.717) is 11.4 Å². The van der Waals surface area contributed by atoms with Crippen LogP contribution in [0.25, 0.3) is 0 Å². The van der Waals surface area contributed by atoms with E-state index in [0.717, 1.165) is 0 Å². The number of amides is 1. The Kier molecular flexibility index (Phi) is 4.11. The SMILES string of the molecule is N[C@@H](Cc1ccc(O)c(O)c1)C(=O)Nc1cnccn1. The molecule has 0 aliphatic rings. The summed E-state index contributed by atoms with van der Waals surface area (Å²) in [5.41, 5.74) is 6.42. The van der Waals surface area contributed by atoms with E-state index in [2.05, 4.69) is 15.3 Å². The number of hydrogen-bond acceptors (Lipinski definition) is 6. The molecule has 104 valence electrons. The minimum absolute atomic E-state index is 0.216. The van der Waals surface area contributed by atoms with Gasteiger partial charge in [-0.3, -0.25) is 9.78 Å². The Morgan fingerprint density at radius 3 is 2.75 bits per heavy atom. The first-order valence-electron chi connectivity index (χ1n) is 5.89. The maximum Gasteiger partial charge on any atom is 0.242 e. The fraction of sp³-hybridized carbons (Fsp3) is 0.154. The van der Waals surface area contributed by atoms with Crippen LogP contribution in [0.5, 0.6) is 11.5 Å². The number of nitrogens with one attached hydrogen (secondary N) is 1.